The van der Waals surface area contributed by atoms with Crippen LogP contribution in [0.15, 0.2) is 42.9 Å². The van der Waals surface area contributed by atoms with Gasteiger partial charge in [0.1, 0.15) is 10.3 Å². The second-order valence-electron chi connectivity index (χ2n) is 12.7. The molecule has 1 aliphatic heterocycles. The van der Waals surface area contributed by atoms with Crippen LogP contribution in [0.3, 0.4) is 0 Å². The van der Waals surface area contributed by atoms with Crippen LogP contribution >= 0.6 is 11.3 Å². The quantitative estimate of drug-likeness (QED) is 0.311. The molecule has 42 heavy (non-hydrogen) atoms. The molecular formula is C32H39N7O2S. The summed E-state index contributed by atoms with van der Waals surface area (Å²) in [4.78, 5) is 31.1. The Morgan fingerprint density at radius 3 is 2.67 bits per heavy atom. The van der Waals surface area contributed by atoms with Gasteiger partial charge >= 0.3 is 0 Å². The van der Waals surface area contributed by atoms with E-state index < -0.39 is 0 Å². The number of hydrogen-bond acceptors (Lipinski definition) is 9. The number of aryl methyl sites for hydroxylation is 1. The second-order valence-corrected chi connectivity index (χ2v) is 13.7. The van der Waals surface area contributed by atoms with Gasteiger partial charge in [0.05, 0.1) is 30.2 Å². The highest BCUT2D eigenvalue weighted by Gasteiger charge is 2.30. The zero-order valence-corrected chi connectivity index (χ0v) is 25.4. The zero-order chi connectivity index (χ0) is 29.3. The van der Waals surface area contributed by atoms with E-state index in [9.17, 15) is 9.90 Å². The molecule has 1 amide bonds. The highest BCUT2D eigenvalue weighted by molar-refractivity contribution is 7.19. The SMILES string of the molecule is CC(C)(C)[C@H]1CCc2nc3sc(C(=O)N[C@H](CCN4CCC(O)CC4)c4ccc(-c5ccnnc5)nc4)nc3cc2C1. The number of nitrogens with zero attached hydrogens (tertiary/aromatic N) is 6. The smallest absolute Gasteiger partial charge is 0.280 e. The third kappa shape index (κ3) is 6.50. The van der Waals surface area contributed by atoms with Crippen LogP contribution in [-0.2, 0) is 12.8 Å². The van der Waals surface area contributed by atoms with E-state index in [1.165, 1.54) is 16.9 Å². The van der Waals surface area contributed by atoms with Gasteiger partial charge in [0.2, 0.25) is 0 Å². The molecule has 0 bridgehead atoms. The number of rotatable bonds is 7. The molecule has 5 heterocycles. The van der Waals surface area contributed by atoms with Crippen LogP contribution in [0.4, 0.5) is 0 Å². The van der Waals surface area contributed by atoms with Gasteiger partial charge in [0.15, 0.2) is 5.01 Å². The molecule has 1 aliphatic carbocycles. The first-order valence-electron chi connectivity index (χ1n) is 15.0. The summed E-state index contributed by atoms with van der Waals surface area (Å²) in [7, 11) is 0. The Morgan fingerprint density at radius 2 is 1.95 bits per heavy atom. The van der Waals surface area contributed by atoms with Crippen molar-refractivity contribution in [1.29, 1.82) is 0 Å². The van der Waals surface area contributed by atoms with E-state index in [1.807, 2.05) is 24.4 Å². The molecule has 0 radical (unpaired) electrons. The number of pyridine rings is 2. The number of likely N-dealkylation sites (tertiary alicyclic amines) is 1. The predicted octanol–water partition coefficient (Wildman–Crippen LogP) is 5.01. The normalized spacial score (nSPS) is 19.0. The first-order valence-corrected chi connectivity index (χ1v) is 15.8. The molecule has 1 fully saturated rings. The predicted molar refractivity (Wildman–Crippen MR) is 164 cm³/mol. The van der Waals surface area contributed by atoms with E-state index in [2.05, 4.69) is 52.2 Å². The second kappa shape index (κ2) is 12.1. The number of piperidine rings is 1. The molecule has 2 aliphatic rings. The number of aliphatic hydroxyl groups excluding tert-OH is 1. The minimum atomic E-state index is -0.234. The van der Waals surface area contributed by atoms with Gasteiger partial charge < -0.3 is 15.3 Å². The number of thiazole rings is 1. The van der Waals surface area contributed by atoms with Crippen molar-refractivity contribution >= 4 is 27.6 Å². The summed E-state index contributed by atoms with van der Waals surface area (Å²) < 4.78 is 0. The lowest BCUT2D eigenvalue weighted by molar-refractivity contribution is 0.0795. The third-order valence-electron chi connectivity index (χ3n) is 8.83. The molecule has 1 saturated heterocycles. The summed E-state index contributed by atoms with van der Waals surface area (Å²) in [6, 6.07) is 7.78. The Balaban J connectivity index is 1.21. The van der Waals surface area contributed by atoms with Gasteiger partial charge in [0, 0.05) is 37.1 Å². The fourth-order valence-electron chi connectivity index (χ4n) is 6.07. The topological polar surface area (TPSA) is 117 Å². The Morgan fingerprint density at radius 1 is 1.12 bits per heavy atom. The fourth-order valence-corrected chi connectivity index (χ4v) is 6.91. The van der Waals surface area contributed by atoms with Gasteiger partial charge in [-0.15, -0.1) is 0 Å². The molecule has 0 unspecified atom stereocenters. The Bertz CT molecular complexity index is 1530. The average molecular weight is 586 g/mol. The highest BCUT2D eigenvalue weighted by atomic mass is 32.1. The Hall–Kier alpha value is -3.34. The van der Waals surface area contributed by atoms with Crippen LogP contribution in [-0.4, -0.2) is 66.8 Å². The van der Waals surface area contributed by atoms with Crippen molar-refractivity contribution in [3.63, 3.8) is 0 Å². The standard InChI is InChI=1S/C32H39N7O2S/c1-32(2,3)23-5-7-26-22(16-23)17-28-30(37-26)42-31(38-28)29(41)36-27(11-15-39-13-9-24(40)10-14-39)20-4-6-25(33-18-20)21-8-12-34-35-19-21/h4,6,8,12,17-19,23-24,27,40H,5,7,9-11,13-16H2,1-3H3,(H,36,41)/t23-,27+/m0/s1. The number of nitrogens with one attached hydrogen (secondary N) is 1. The number of fused-ring (bicyclic) bond motifs is 2. The number of aliphatic hydroxyl groups is 1. The van der Waals surface area contributed by atoms with Crippen molar-refractivity contribution in [3.8, 4) is 11.3 Å². The molecule has 6 rings (SSSR count). The van der Waals surface area contributed by atoms with E-state index in [0.717, 1.165) is 91.0 Å². The lowest BCUT2D eigenvalue weighted by Gasteiger charge is -2.34. The summed E-state index contributed by atoms with van der Waals surface area (Å²) in [5.41, 5.74) is 6.12. The molecule has 2 N–H and O–H groups in total. The van der Waals surface area contributed by atoms with E-state index in [-0.39, 0.29) is 23.5 Å². The average Bonchev–Trinajstić information content (AvgIpc) is 3.41. The molecular weight excluding hydrogens is 546 g/mol. The minimum Gasteiger partial charge on any atom is -0.393 e. The highest BCUT2D eigenvalue weighted by Crippen LogP contribution is 2.38. The maximum absolute atomic E-state index is 13.6. The van der Waals surface area contributed by atoms with E-state index >= 15 is 0 Å². The number of amides is 1. The zero-order valence-electron chi connectivity index (χ0n) is 24.6. The maximum atomic E-state index is 13.6. The van der Waals surface area contributed by atoms with Gasteiger partial charge in [-0.2, -0.15) is 10.2 Å². The van der Waals surface area contributed by atoms with Crippen LogP contribution < -0.4 is 5.32 Å². The number of carbonyl (C=O) groups is 1. The first-order chi connectivity index (χ1) is 20.2. The lowest BCUT2D eigenvalue weighted by Crippen LogP contribution is -2.38. The van der Waals surface area contributed by atoms with E-state index in [0.29, 0.717) is 10.9 Å². The number of hydrogen-bond donors (Lipinski definition) is 2. The molecule has 0 aromatic carbocycles. The number of aromatic nitrogens is 5. The molecule has 4 aromatic rings. The van der Waals surface area contributed by atoms with Crippen LogP contribution in [0.1, 0.15) is 79.1 Å². The summed E-state index contributed by atoms with van der Waals surface area (Å²) in [5.74, 6) is 0.425. The first kappa shape index (κ1) is 28.8. The van der Waals surface area contributed by atoms with Crippen LogP contribution in [0.25, 0.3) is 21.6 Å². The fraction of sp³-hybridized carbons (Fsp3) is 0.500. The van der Waals surface area contributed by atoms with Gasteiger partial charge in [0.25, 0.3) is 5.91 Å². The van der Waals surface area contributed by atoms with Crippen molar-refractivity contribution in [2.24, 2.45) is 11.3 Å². The Labute approximate surface area is 250 Å². The molecule has 2 atom stereocenters. The minimum absolute atomic E-state index is 0.190. The largest absolute Gasteiger partial charge is 0.393 e. The van der Waals surface area contributed by atoms with Crippen molar-refractivity contribution in [2.75, 3.05) is 19.6 Å². The summed E-state index contributed by atoms with van der Waals surface area (Å²) in [6.07, 6.45) is 10.4. The lowest BCUT2D eigenvalue weighted by atomic mass is 9.71. The summed E-state index contributed by atoms with van der Waals surface area (Å²) in [6.45, 7) is 9.46. The number of carbonyl (C=O) groups excluding carboxylic acids is 1. The Kier molecular flexibility index (Phi) is 8.29. The van der Waals surface area contributed by atoms with Gasteiger partial charge in [-0.1, -0.05) is 38.2 Å². The maximum Gasteiger partial charge on any atom is 0.280 e. The summed E-state index contributed by atoms with van der Waals surface area (Å²) >= 11 is 1.37. The van der Waals surface area contributed by atoms with Crippen molar-refractivity contribution in [2.45, 2.75) is 71.4 Å². The summed E-state index contributed by atoms with van der Waals surface area (Å²) in [5, 5.41) is 21.4. The molecule has 220 valence electrons. The van der Waals surface area contributed by atoms with Crippen molar-refractivity contribution < 1.29 is 9.90 Å². The van der Waals surface area contributed by atoms with Crippen LogP contribution in [0, 0.1) is 11.3 Å². The van der Waals surface area contributed by atoms with Crippen molar-refractivity contribution in [1.82, 2.24) is 35.4 Å². The van der Waals surface area contributed by atoms with Crippen LogP contribution in [0.2, 0.25) is 0 Å². The van der Waals surface area contributed by atoms with Gasteiger partial charge in [-0.25, -0.2) is 9.97 Å². The third-order valence-corrected chi connectivity index (χ3v) is 9.80. The molecule has 4 aromatic heterocycles. The molecule has 0 saturated carbocycles. The van der Waals surface area contributed by atoms with Gasteiger partial charge in [-0.3, -0.25) is 9.78 Å². The molecule has 10 heteroatoms. The molecule has 9 nitrogen and oxygen atoms in total. The van der Waals surface area contributed by atoms with Crippen LogP contribution in [0.5, 0.6) is 0 Å². The van der Waals surface area contributed by atoms with Gasteiger partial charge in [-0.05, 0) is 79.2 Å². The monoisotopic (exact) mass is 585 g/mol. The van der Waals surface area contributed by atoms with E-state index in [4.69, 9.17) is 9.97 Å². The van der Waals surface area contributed by atoms with E-state index in [1.54, 1.807) is 12.4 Å². The van der Waals surface area contributed by atoms with Crippen molar-refractivity contribution in [3.05, 3.63) is 64.7 Å². The molecule has 0 spiro atoms.